The highest BCUT2D eigenvalue weighted by Crippen LogP contribution is 2.40. The third kappa shape index (κ3) is 8.54. The number of fused-ring (bicyclic) bond motifs is 1. The van der Waals surface area contributed by atoms with Gasteiger partial charge in [-0.1, -0.05) is 6.92 Å². The molecule has 47 heavy (non-hydrogen) atoms. The first-order chi connectivity index (χ1) is 22.2. The van der Waals surface area contributed by atoms with Crippen LogP contribution in [0.15, 0.2) is 12.1 Å². The summed E-state index contributed by atoms with van der Waals surface area (Å²) < 4.78 is 22.3. The SMILES string of the molecule is CCC(=O)NCCN1C(=O)C(C)(C)Oc2cc(C)c(C(=O)N(C(C)C)[C@@H]3CCCN(C(=O)O[C@H](C)OC(=O)C4CCOCC4)C3)cc21. The van der Waals surface area contributed by atoms with Gasteiger partial charge in [-0.2, -0.15) is 0 Å². The van der Waals surface area contributed by atoms with Gasteiger partial charge < -0.3 is 39.0 Å². The minimum Gasteiger partial charge on any atom is -0.476 e. The summed E-state index contributed by atoms with van der Waals surface area (Å²) in [4.78, 5) is 70.1. The van der Waals surface area contributed by atoms with E-state index in [1.165, 1.54) is 6.92 Å². The molecular weight excluding hydrogens is 608 g/mol. The van der Waals surface area contributed by atoms with Crippen LogP contribution in [0, 0.1) is 12.8 Å². The summed E-state index contributed by atoms with van der Waals surface area (Å²) in [6.45, 7) is 14.5. The predicted octanol–water partition coefficient (Wildman–Crippen LogP) is 3.79. The van der Waals surface area contributed by atoms with Gasteiger partial charge in [0.2, 0.25) is 12.2 Å². The van der Waals surface area contributed by atoms with Crippen LogP contribution < -0.4 is 15.0 Å². The van der Waals surface area contributed by atoms with Crippen molar-refractivity contribution >= 4 is 35.5 Å². The Hall–Kier alpha value is -3.87. The molecule has 3 aliphatic rings. The average molecular weight is 659 g/mol. The molecule has 1 aromatic carbocycles. The molecule has 0 saturated carbocycles. The molecule has 0 aliphatic carbocycles. The van der Waals surface area contributed by atoms with Gasteiger partial charge in [-0.15, -0.1) is 0 Å². The topological polar surface area (TPSA) is 144 Å². The second kappa shape index (κ2) is 15.4. The summed E-state index contributed by atoms with van der Waals surface area (Å²) >= 11 is 0. The average Bonchev–Trinajstić information content (AvgIpc) is 3.02. The molecule has 13 heteroatoms. The number of rotatable bonds is 10. The maximum absolute atomic E-state index is 14.3. The number of anilines is 1. The lowest BCUT2D eigenvalue weighted by Crippen LogP contribution is -2.55. The second-order valence-electron chi connectivity index (χ2n) is 13.2. The van der Waals surface area contributed by atoms with E-state index < -0.39 is 24.0 Å². The van der Waals surface area contributed by atoms with Crippen molar-refractivity contribution in [3.8, 4) is 5.75 Å². The molecule has 0 spiro atoms. The zero-order valence-electron chi connectivity index (χ0n) is 28.8. The third-order valence-electron chi connectivity index (χ3n) is 8.87. The maximum atomic E-state index is 14.3. The molecule has 3 heterocycles. The fourth-order valence-corrected chi connectivity index (χ4v) is 6.34. The Morgan fingerprint density at radius 1 is 1.09 bits per heavy atom. The monoisotopic (exact) mass is 658 g/mol. The molecular formula is C34H50N4O9. The Labute approximate surface area is 277 Å². The Bertz CT molecular complexity index is 1340. The molecule has 4 amide bonds. The largest absolute Gasteiger partial charge is 0.476 e. The summed E-state index contributed by atoms with van der Waals surface area (Å²) in [5.41, 5.74) is 0.459. The van der Waals surface area contributed by atoms with Gasteiger partial charge in [-0.05, 0) is 78.0 Å². The highest BCUT2D eigenvalue weighted by atomic mass is 16.7. The van der Waals surface area contributed by atoms with Gasteiger partial charge in [-0.25, -0.2) is 4.79 Å². The quantitative estimate of drug-likeness (QED) is 0.293. The number of likely N-dealkylation sites (tertiary alicyclic amines) is 1. The van der Waals surface area contributed by atoms with Crippen molar-refractivity contribution in [3.05, 3.63) is 23.3 Å². The fourth-order valence-electron chi connectivity index (χ4n) is 6.34. The minimum absolute atomic E-state index is 0.117. The Kier molecular flexibility index (Phi) is 11.8. The van der Waals surface area contributed by atoms with Crippen LogP contribution in [0.2, 0.25) is 0 Å². The number of aryl methyl sites for hydroxylation is 1. The Balaban J connectivity index is 1.49. The van der Waals surface area contributed by atoms with Gasteiger partial charge in [0.15, 0.2) is 5.60 Å². The van der Waals surface area contributed by atoms with Gasteiger partial charge >= 0.3 is 12.1 Å². The fraction of sp³-hybridized carbons (Fsp3) is 0.676. The summed E-state index contributed by atoms with van der Waals surface area (Å²) in [5.74, 6) is -0.800. The van der Waals surface area contributed by atoms with Crippen LogP contribution in [0.5, 0.6) is 5.75 Å². The molecule has 13 nitrogen and oxygen atoms in total. The van der Waals surface area contributed by atoms with Crippen molar-refractivity contribution in [1.82, 2.24) is 15.1 Å². The van der Waals surface area contributed by atoms with Crippen molar-refractivity contribution in [3.63, 3.8) is 0 Å². The zero-order chi connectivity index (χ0) is 34.5. The maximum Gasteiger partial charge on any atom is 0.412 e. The van der Waals surface area contributed by atoms with Crippen LogP contribution in [-0.2, 0) is 28.6 Å². The van der Waals surface area contributed by atoms with E-state index >= 15 is 0 Å². The first kappa shape index (κ1) is 36.0. The summed E-state index contributed by atoms with van der Waals surface area (Å²) in [5, 5.41) is 2.81. The highest BCUT2D eigenvalue weighted by molar-refractivity contribution is 6.05. The van der Waals surface area contributed by atoms with E-state index in [0.29, 0.717) is 74.4 Å². The molecule has 0 radical (unpaired) electrons. The van der Waals surface area contributed by atoms with E-state index in [4.69, 9.17) is 18.9 Å². The molecule has 1 N–H and O–H groups in total. The Morgan fingerprint density at radius 2 is 1.79 bits per heavy atom. The number of nitrogens with zero attached hydrogens (tertiary/aromatic N) is 3. The lowest BCUT2D eigenvalue weighted by Gasteiger charge is -2.42. The summed E-state index contributed by atoms with van der Waals surface area (Å²) in [6, 6.07) is 2.98. The van der Waals surface area contributed by atoms with Crippen LogP contribution in [0.1, 0.15) is 89.6 Å². The molecule has 4 rings (SSSR count). The van der Waals surface area contributed by atoms with E-state index in [9.17, 15) is 24.0 Å². The van der Waals surface area contributed by atoms with Gasteiger partial charge in [0.05, 0.1) is 17.6 Å². The van der Waals surface area contributed by atoms with Gasteiger partial charge in [0, 0.05) is 64.3 Å². The number of amides is 4. The van der Waals surface area contributed by atoms with E-state index in [2.05, 4.69) is 5.32 Å². The van der Waals surface area contributed by atoms with Crippen molar-refractivity contribution in [2.75, 3.05) is 44.3 Å². The number of piperidine rings is 1. The van der Waals surface area contributed by atoms with Crippen LogP contribution in [-0.4, -0.2) is 103 Å². The molecule has 260 valence electrons. The van der Waals surface area contributed by atoms with E-state index in [-0.39, 0.29) is 55.4 Å². The lowest BCUT2D eigenvalue weighted by molar-refractivity contribution is -0.174. The molecule has 1 aromatic rings. The van der Waals surface area contributed by atoms with Crippen molar-refractivity contribution in [1.29, 1.82) is 0 Å². The smallest absolute Gasteiger partial charge is 0.412 e. The number of hydrogen-bond donors (Lipinski definition) is 1. The van der Waals surface area contributed by atoms with Gasteiger partial charge in [-0.3, -0.25) is 19.2 Å². The number of ether oxygens (including phenoxy) is 4. The zero-order valence-corrected chi connectivity index (χ0v) is 28.8. The standard InChI is InChI=1S/C34H50N4O9/c1-8-29(39)35-13-15-37-27-19-26(22(4)18-28(27)47-34(6,7)32(37)42)30(40)38(21(2)3)25-10-9-14-36(20-25)33(43)46-23(5)45-31(41)24-11-16-44-17-12-24/h18-19,21,23-25H,8-17,20H2,1-7H3,(H,35,39)/t23-,25-/m1/s1. The summed E-state index contributed by atoms with van der Waals surface area (Å²) in [6.07, 6.45) is 1.18. The minimum atomic E-state index is -1.12. The number of carbonyl (C=O) groups is 5. The van der Waals surface area contributed by atoms with Crippen molar-refractivity contribution < 1.29 is 42.9 Å². The van der Waals surface area contributed by atoms with E-state index in [1.54, 1.807) is 47.6 Å². The first-order valence-corrected chi connectivity index (χ1v) is 16.7. The van der Waals surface area contributed by atoms with Crippen LogP contribution in [0.4, 0.5) is 10.5 Å². The van der Waals surface area contributed by atoms with Crippen LogP contribution in [0.25, 0.3) is 0 Å². The molecule has 2 atom stereocenters. The third-order valence-corrected chi connectivity index (χ3v) is 8.87. The van der Waals surface area contributed by atoms with Crippen LogP contribution >= 0.6 is 0 Å². The molecule has 2 saturated heterocycles. The molecule has 3 aliphatic heterocycles. The molecule has 2 fully saturated rings. The van der Waals surface area contributed by atoms with Crippen LogP contribution in [0.3, 0.4) is 0 Å². The predicted molar refractivity (Wildman–Crippen MR) is 173 cm³/mol. The number of carbonyl (C=O) groups excluding carboxylic acids is 5. The summed E-state index contributed by atoms with van der Waals surface area (Å²) in [7, 11) is 0. The Morgan fingerprint density at radius 3 is 2.45 bits per heavy atom. The highest BCUT2D eigenvalue weighted by Gasteiger charge is 2.42. The second-order valence-corrected chi connectivity index (χ2v) is 13.2. The number of esters is 1. The van der Waals surface area contributed by atoms with E-state index in [1.807, 2.05) is 20.8 Å². The normalized spacial score (nSPS) is 20.2. The van der Waals surface area contributed by atoms with Gasteiger partial charge in [0.25, 0.3) is 11.8 Å². The van der Waals surface area contributed by atoms with E-state index in [0.717, 1.165) is 0 Å². The van der Waals surface area contributed by atoms with Gasteiger partial charge in [0.1, 0.15) is 5.75 Å². The van der Waals surface area contributed by atoms with Crippen molar-refractivity contribution in [2.45, 2.75) is 105 Å². The number of hydrogen-bond acceptors (Lipinski definition) is 9. The molecule has 0 aromatic heterocycles. The lowest BCUT2D eigenvalue weighted by atomic mass is 9.97. The number of nitrogens with one attached hydrogen (secondary N) is 1. The van der Waals surface area contributed by atoms with Crippen molar-refractivity contribution in [2.24, 2.45) is 5.92 Å². The molecule has 0 unspecified atom stereocenters. The number of benzene rings is 1. The molecule has 0 bridgehead atoms. The first-order valence-electron chi connectivity index (χ1n) is 16.7.